The minimum absolute atomic E-state index is 0.440. The Morgan fingerprint density at radius 2 is 1.89 bits per heavy atom. The van der Waals surface area contributed by atoms with Gasteiger partial charge in [-0.3, -0.25) is 4.31 Å². The molecule has 0 saturated carbocycles. The molecule has 106 valence electrons. The summed E-state index contributed by atoms with van der Waals surface area (Å²) in [6.45, 7) is 5.35. The molecule has 1 heterocycles. The van der Waals surface area contributed by atoms with Crippen molar-refractivity contribution in [2.45, 2.75) is 26.7 Å². The summed E-state index contributed by atoms with van der Waals surface area (Å²) < 4.78 is 28.1. The lowest BCUT2D eigenvalue weighted by atomic mass is 10.0. The molecule has 1 aromatic carbocycles. The topological polar surface area (TPSA) is 40.6 Å². The van der Waals surface area contributed by atoms with Crippen molar-refractivity contribution >= 4 is 15.9 Å². The highest BCUT2D eigenvalue weighted by Crippen LogP contribution is 2.23. The first kappa shape index (κ1) is 14.3. The van der Waals surface area contributed by atoms with Crippen molar-refractivity contribution in [3.8, 4) is 0 Å². The van der Waals surface area contributed by atoms with Crippen molar-refractivity contribution in [3.63, 3.8) is 0 Å². The molecule has 1 aliphatic heterocycles. The Morgan fingerprint density at radius 1 is 1.26 bits per heavy atom. The Labute approximate surface area is 116 Å². The Hall–Kier alpha value is -1.07. The van der Waals surface area contributed by atoms with E-state index < -0.39 is 10.2 Å². The molecule has 1 aromatic rings. The summed E-state index contributed by atoms with van der Waals surface area (Å²) >= 11 is 0. The van der Waals surface area contributed by atoms with Gasteiger partial charge in [-0.1, -0.05) is 24.6 Å². The van der Waals surface area contributed by atoms with E-state index in [2.05, 4.69) is 6.92 Å². The van der Waals surface area contributed by atoms with Crippen molar-refractivity contribution in [2.24, 2.45) is 5.92 Å². The number of hydrogen-bond acceptors (Lipinski definition) is 2. The summed E-state index contributed by atoms with van der Waals surface area (Å²) in [6.07, 6.45) is 2.06. The predicted molar refractivity (Wildman–Crippen MR) is 78.5 cm³/mol. The average Bonchev–Trinajstić information content (AvgIpc) is 2.39. The highest BCUT2D eigenvalue weighted by Gasteiger charge is 2.30. The van der Waals surface area contributed by atoms with Crippen molar-refractivity contribution in [2.75, 3.05) is 24.4 Å². The second-order valence-corrected chi connectivity index (χ2v) is 7.38. The molecule has 0 aromatic heterocycles. The van der Waals surface area contributed by atoms with Crippen LogP contribution in [0.2, 0.25) is 0 Å². The van der Waals surface area contributed by atoms with Crippen LogP contribution in [0, 0.1) is 12.8 Å². The predicted octanol–water partition coefficient (Wildman–Crippen LogP) is 2.41. The zero-order valence-electron chi connectivity index (χ0n) is 11.8. The van der Waals surface area contributed by atoms with Crippen molar-refractivity contribution in [1.82, 2.24) is 4.31 Å². The van der Waals surface area contributed by atoms with E-state index in [1.165, 1.54) is 4.31 Å². The average molecular weight is 282 g/mol. The largest absolute Gasteiger partial charge is 0.303 e. The molecule has 0 aliphatic carbocycles. The van der Waals surface area contributed by atoms with Crippen LogP contribution in [-0.2, 0) is 10.2 Å². The van der Waals surface area contributed by atoms with Gasteiger partial charge in [0.1, 0.15) is 0 Å². The van der Waals surface area contributed by atoms with Crippen LogP contribution in [0.3, 0.4) is 0 Å². The normalized spacial score (nSPS) is 21.3. The van der Waals surface area contributed by atoms with Crippen LogP contribution in [0.25, 0.3) is 0 Å². The molecule has 1 aliphatic rings. The minimum Gasteiger partial charge on any atom is -0.261 e. The highest BCUT2D eigenvalue weighted by atomic mass is 32.2. The number of benzene rings is 1. The summed E-state index contributed by atoms with van der Waals surface area (Å²) in [4.78, 5) is 0. The van der Waals surface area contributed by atoms with E-state index in [-0.39, 0.29) is 0 Å². The molecule has 5 heteroatoms. The molecule has 2 rings (SSSR count). The number of aryl methyl sites for hydroxylation is 1. The van der Waals surface area contributed by atoms with E-state index in [1.807, 2.05) is 31.2 Å². The van der Waals surface area contributed by atoms with Crippen LogP contribution in [0.1, 0.15) is 25.3 Å². The molecule has 0 amide bonds. The molecule has 1 fully saturated rings. The molecule has 0 spiro atoms. The third-order valence-corrected chi connectivity index (χ3v) is 5.58. The lowest BCUT2D eigenvalue weighted by Gasteiger charge is -2.33. The Kier molecular flexibility index (Phi) is 4.16. The van der Waals surface area contributed by atoms with Crippen LogP contribution < -0.4 is 4.31 Å². The lowest BCUT2D eigenvalue weighted by molar-refractivity contribution is 0.281. The fourth-order valence-corrected chi connectivity index (χ4v) is 3.95. The first-order chi connectivity index (χ1) is 8.91. The number of hydrogen-bond donors (Lipinski definition) is 0. The molecule has 1 saturated heterocycles. The van der Waals surface area contributed by atoms with Gasteiger partial charge in [-0.05, 0) is 37.8 Å². The van der Waals surface area contributed by atoms with Crippen molar-refractivity contribution < 1.29 is 8.42 Å². The Bertz CT molecular complexity index is 525. The van der Waals surface area contributed by atoms with Gasteiger partial charge in [0.05, 0.1) is 5.69 Å². The Morgan fingerprint density at radius 3 is 2.47 bits per heavy atom. The Balaban J connectivity index is 2.21. The third kappa shape index (κ3) is 3.09. The molecular weight excluding hydrogens is 260 g/mol. The smallest absolute Gasteiger partial charge is 0.261 e. The summed E-state index contributed by atoms with van der Waals surface area (Å²) in [5, 5.41) is 0. The first-order valence-electron chi connectivity index (χ1n) is 6.72. The van der Waals surface area contributed by atoms with E-state index in [4.69, 9.17) is 0 Å². The number of nitrogens with zero attached hydrogens (tertiary/aromatic N) is 2. The van der Waals surface area contributed by atoms with Gasteiger partial charge in [-0.2, -0.15) is 12.7 Å². The SMILES string of the molecule is Cc1ccc(N(C)S(=O)(=O)N2CCCC(C)C2)cc1. The van der Waals surface area contributed by atoms with Gasteiger partial charge in [-0.15, -0.1) is 0 Å². The molecule has 4 nitrogen and oxygen atoms in total. The maximum Gasteiger partial charge on any atom is 0.303 e. The molecule has 0 bridgehead atoms. The molecule has 0 radical (unpaired) electrons. The summed E-state index contributed by atoms with van der Waals surface area (Å²) in [5.74, 6) is 0.440. The summed E-state index contributed by atoms with van der Waals surface area (Å²) in [7, 11) is -1.77. The quantitative estimate of drug-likeness (QED) is 0.854. The van der Waals surface area contributed by atoms with Gasteiger partial charge >= 0.3 is 10.2 Å². The maximum absolute atomic E-state index is 12.6. The minimum atomic E-state index is -3.39. The second-order valence-electron chi connectivity index (χ2n) is 5.42. The number of rotatable bonds is 3. The van der Waals surface area contributed by atoms with Crippen LogP contribution in [0.5, 0.6) is 0 Å². The maximum atomic E-state index is 12.6. The standard InChI is InChI=1S/C14H22N2O2S/c1-12-6-8-14(9-7-12)15(3)19(17,18)16-10-4-5-13(2)11-16/h6-9,13H,4-5,10-11H2,1-3H3. The van der Waals surface area contributed by atoms with Crippen LogP contribution in [0.15, 0.2) is 24.3 Å². The molecule has 1 atom stereocenters. The highest BCUT2D eigenvalue weighted by molar-refractivity contribution is 7.90. The van der Waals surface area contributed by atoms with Gasteiger partial charge in [0, 0.05) is 20.1 Å². The van der Waals surface area contributed by atoms with Crippen molar-refractivity contribution in [1.29, 1.82) is 0 Å². The van der Waals surface area contributed by atoms with Crippen LogP contribution >= 0.6 is 0 Å². The second kappa shape index (κ2) is 5.51. The summed E-state index contributed by atoms with van der Waals surface area (Å²) in [5.41, 5.74) is 1.84. The fraction of sp³-hybridized carbons (Fsp3) is 0.571. The zero-order valence-corrected chi connectivity index (χ0v) is 12.7. The zero-order chi connectivity index (χ0) is 14.0. The van der Waals surface area contributed by atoms with Gasteiger partial charge in [0.25, 0.3) is 0 Å². The first-order valence-corrected chi connectivity index (χ1v) is 8.11. The third-order valence-electron chi connectivity index (χ3n) is 3.69. The van der Waals surface area contributed by atoms with E-state index in [0.29, 0.717) is 24.7 Å². The molecule has 19 heavy (non-hydrogen) atoms. The monoisotopic (exact) mass is 282 g/mol. The van der Waals surface area contributed by atoms with Gasteiger partial charge < -0.3 is 0 Å². The molecule has 0 N–H and O–H groups in total. The van der Waals surface area contributed by atoms with Gasteiger partial charge in [0.2, 0.25) is 0 Å². The summed E-state index contributed by atoms with van der Waals surface area (Å²) in [6, 6.07) is 7.56. The van der Waals surface area contributed by atoms with E-state index in [1.54, 1.807) is 11.4 Å². The van der Waals surface area contributed by atoms with Crippen LogP contribution in [0.4, 0.5) is 5.69 Å². The van der Waals surface area contributed by atoms with E-state index in [0.717, 1.165) is 18.4 Å². The van der Waals surface area contributed by atoms with Crippen LogP contribution in [-0.4, -0.2) is 32.9 Å². The lowest BCUT2D eigenvalue weighted by Crippen LogP contribution is -2.46. The fourth-order valence-electron chi connectivity index (χ4n) is 2.42. The molecular formula is C14H22N2O2S. The number of piperidine rings is 1. The number of anilines is 1. The van der Waals surface area contributed by atoms with E-state index in [9.17, 15) is 8.42 Å². The molecule has 1 unspecified atom stereocenters. The van der Waals surface area contributed by atoms with E-state index >= 15 is 0 Å². The van der Waals surface area contributed by atoms with Gasteiger partial charge in [-0.25, -0.2) is 0 Å². The van der Waals surface area contributed by atoms with Gasteiger partial charge in [0.15, 0.2) is 0 Å². The van der Waals surface area contributed by atoms with Crippen molar-refractivity contribution in [3.05, 3.63) is 29.8 Å².